The molecule has 0 radical (unpaired) electrons. The highest BCUT2D eigenvalue weighted by Crippen LogP contribution is 2.30. The van der Waals surface area contributed by atoms with E-state index >= 15 is 0 Å². The zero-order valence-corrected chi connectivity index (χ0v) is 19.1. The summed E-state index contributed by atoms with van der Waals surface area (Å²) in [5.41, 5.74) is 7.80. The minimum absolute atomic E-state index is 0.0274. The molecule has 0 saturated heterocycles. The molecule has 7 nitrogen and oxygen atoms in total. The van der Waals surface area contributed by atoms with Gasteiger partial charge in [-0.3, -0.25) is 4.79 Å². The molecule has 33 heavy (non-hydrogen) atoms. The van der Waals surface area contributed by atoms with Crippen LogP contribution >= 0.6 is 0 Å². The van der Waals surface area contributed by atoms with Gasteiger partial charge in [0.2, 0.25) is 0 Å². The molecule has 0 bridgehead atoms. The highest BCUT2D eigenvalue weighted by atomic mass is 16.5. The Labute approximate surface area is 191 Å². The second-order valence-corrected chi connectivity index (χ2v) is 8.34. The van der Waals surface area contributed by atoms with Crippen molar-refractivity contribution in [3.8, 4) is 0 Å². The number of carbonyl (C=O) groups is 2. The first kappa shape index (κ1) is 21.1. The van der Waals surface area contributed by atoms with E-state index in [9.17, 15) is 9.59 Å². The van der Waals surface area contributed by atoms with E-state index in [2.05, 4.69) is 18.8 Å². The minimum Gasteiger partial charge on any atom is -0.465 e. The van der Waals surface area contributed by atoms with Crippen molar-refractivity contribution in [2.24, 2.45) is 0 Å². The zero-order chi connectivity index (χ0) is 23.1. The van der Waals surface area contributed by atoms with Crippen molar-refractivity contribution in [2.45, 2.75) is 39.7 Å². The maximum absolute atomic E-state index is 13.4. The van der Waals surface area contributed by atoms with Gasteiger partial charge in [0.05, 0.1) is 35.1 Å². The number of nitrogens with one attached hydrogen (secondary N) is 1. The molecule has 0 spiro atoms. The number of amides is 1. The summed E-state index contributed by atoms with van der Waals surface area (Å²) in [5, 5.41) is 0.953. The van der Waals surface area contributed by atoms with E-state index in [0.29, 0.717) is 24.2 Å². The van der Waals surface area contributed by atoms with Gasteiger partial charge in [-0.25, -0.2) is 14.8 Å². The van der Waals surface area contributed by atoms with Crippen LogP contribution in [0.15, 0.2) is 36.4 Å². The van der Waals surface area contributed by atoms with Crippen LogP contribution in [0.1, 0.15) is 57.2 Å². The first-order valence-electron chi connectivity index (χ1n) is 11.3. The molecule has 168 valence electrons. The third kappa shape index (κ3) is 3.63. The van der Waals surface area contributed by atoms with Crippen LogP contribution in [0, 0.1) is 0 Å². The first-order chi connectivity index (χ1) is 16.0. The van der Waals surface area contributed by atoms with Crippen LogP contribution in [0.2, 0.25) is 0 Å². The van der Waals surface area contributed by atoms with E-state index in [-0.39, 0.29) is 11.9 Å². The standard InChI is InChI=1S/C26H26N4O3/c1-4-19-20(5-2)28-24-13-15(6-9-23(24)27-19)25(31)30-11-10-22-18(14-30)17-12-16(26(32)33-3)7-8-21(17)29-22/h6-9,12-13,29H,4-5,10-11,14H2,1-3H3. The molecule has 7 heteroatoms. The van der Waals surface area contributed by atoms with Crippen LogP contribution in [0.4, 0.5) is 0 Å². The SMILES string of the molecule is CCc1nc2ccc(C(=O)N3CCc4[nH]c5ccc(C(=O)OC)cc5c4C3)cc2nc1CC. The van der Waals surface area contributed by atoms with Crippen LogP contribution in [-0.4, -0.2) is 45.4 Å². The fourth-order valence-electron chi connectivity index (χ4n) is 4.64. The molecular weight excluding hydrogens is 416 g/mol. The molecule has 2 aromatic carbocycles. The van der Waals surface area contributed by atoms with E-state index < -0.39 is 0 Å². The molecule has 5 rings (SSSR count). The average molecular weight is 443 g/mol. The summed E-state index contributed by atoms with van der Waals surface area (Å²) < 4.78 is 4.86. The lowest BCUT2D eigenvalue weighted by Crippen LogP contribution is -2.35. The van der Waals surface area contributed by atoms with Crippen molar-refractivity contribution in [3.05, 3.63) is 70.2 Å². The van der Waals surface area contributed by atoms with Gasteiger partial charge in [-0.1, -0.05) is 13.8 Å². The number of carbonyl (C=O) groups excluding carboxylic acids is 2. The molecule has 0 fully saturated rings. The largest absolute Gasteiger partial charge is 0.465 e. The Balaban J connectivity index is 1.47. The number of benzene rings is 2. The lowest BCUT2D eigenvalue weighted by molar-refractivity contribution is 0.0600. The Kier molecular flexibility index (Phi) is 5.32. The zero-order valence-electron chi connectivity index (χ0n) is 19.1. The number of ether oxygens (including phenoxy) is 1. The summed E-state index contributed by atoms with van der Waals surface area (Å²) >= 11 is 0. The number of nitrogens with zero attached hydrogens (tertiary/aromatic N) is 3. The number of aromatic nitrogens is 3. The number of rotatable bonds is 4. The van der Waals surface area contributed by atoms with Gasteiger partial charge in [0, 0.05) is 47.2 Å². The Morgan fingerprint density at radius 1 is 1.00 bits per heavy atom. The number of aryl methyl sites for hydroxylation is 2. The van der Waals surface area contributed by atoms with Crippen molar-refractivity contribution >= 4 is 33.8 Å². The molecule has 0 atom stereocenters. The van der Waals surface area contributed by atoms with E-state index in [1.165, 1.54) is 7.11 Å². The Morgan fingerprint density at radius 3 is 2.45 bits per heavy atom. The monoisotopic (exact) mass is 442 g/mol. The molecule has 4 aromatic rings. The van der Waals surface area contributed by atoms with Gasteiger partial charge in [-0.2, -0.15) is 0 Å². The van der Waals surface area contributed by atoms with Crippen LogP contribution in [0.25, 0.3) is 21.9 Å². The van der Waals surface area contributed by atoms with E-state index in [1.807, 2.05) is 35.2 Å². The van der Waals surface area contributed by atoms with Gasteiger partial charge in [0.15, 0.2) is 0 Å². The third-order valence-electron chi connectivity index (χ3n) is 6.42. The molecule has 1 N–H and O–H groups in total. The lowest BCUT2D eigenvalue weighted by Gasteiger charge is -2.27. The summed E-state index contributed by atoms with van der Waals surface area (Å²) in [6.07, 6.45) is 2.38. The number of esters is 1. The Bertz CT molecular complexity index is 1410. The molecule has 1 amide bonds. The molecule has 1 aliphatic rings. The van der Waals surface area contributed by atoms with Crippen molar-refractivity contribution in [1.82, 2.24) is 19.9 Å². The Morgan fingerprint density at radius 2 is 1.73 bits per heavy atom. The molecule has 0 saturated carbocycles. The predicted octanol–water partition coefficient (Wildman–Crippen LogP) is 4.22. The van der Waals surface area contributed by atoms with Gasteiger partial charge in [-0.15, -0.1) is 0 Å². The number of fused-ring (bicyclic) bond motifs is 4. The summed E-state index contributed by atoms with van der Waals surface area (Å²) in [4.78, 5) is 40.2. The fourth-order valence-corrected chi connectivity index (χ4v) is 4.64. The molecular formula is C26H26N4O3. The fraction of sp³-hybridized carbons (Fsp3) is 0.308. The van der Waals surface area contributed by atoms with Gasteiger partial charge in [-0.05, 0) is 49.2 Å². The van der Waals surface area contributed by atoms with Crippen molar-refractivity contribution in [2.75, 3.05) is 13.7 Å². The van der Waals surface area contributed by atoms with Crippen LogP contribution in [0.5, 0.6) is 0 Å². The molecule has 3 heterocycles. The average Bonchev–Trinajstić information content (AvgIpc) is 3.23. The highest BCUT2D eigenvalue weighted by molar-refractivity contribution is 5.99. The van der Waals surface area contributed by atoms with Crippen LogP contribution in [0.3, 0.4) is 0 Å². The number of hydrogen-bond donors (Lipinski definition) is 1. The number of H-pyrrole nitrogens is 1. The topological polar surface area (TPSA) is 88.2 Å². The minimum atomic E-state index is -0.370. The van der Waals surface area contributed by atoms with Gasteiger partial charge < -0.3 is 14.6 Å². The summed E-state index contributed by atoms with van der Waals surface area (Å²) in [6.45, 7) is 5.26. The second kappa shape index (κ2) is 8.31. The van der Waals surface area contributed by atoms with Gasteiger partial charge in [0.25, 0.3) is 5.91 Å². The number of methoxy groups -OCH3 is 1. The molecule has 1 aliphatic heterocycles. The number of hydrogen-bond acceptors (Lipinski definition) is 5. The number of aromatic amines is 1. The normalized spacial score (nSPS) is 13.4. The van der Waals surface area contributed by atoms with E-state index in [1.54, 1.807) is 6.07 Å². The molecule has 0 aliphatic carbocycles. The van der Waals surface area contributed by atoms with Gasteiger partial charge in [0.1, 0.15) is 0 Å². The van der Waals surface area contributed by atoms with Crippen LogP contribution in [-0.2, 0) is 30.5 Å². The maximum Gasteiger partial charge on any atom is 0.337 e. The van der Waals surface area contributed by atoms with Gasteiger partial charge >= 0.3 is 5.97 Å². The predicted molar refractivity (Wildman–Crippen MR) is 126 cm³/mol. The second-order valence-electron chi connectivity index (χ2n) is 8.34. The maximum atomic E-state index is 13.4. The van der Waals surface area contributed by atoms with E-state index in [4.69, 9.17) is 14.7 Å². The Hall–Kier alpha value is -3.74. The van der Waals surface area contributed by atoms with Crippen molar-refractivity contribution < 1.29 is 14.3 Å². The summed E-state index contributed by atoms with van der Waals surface area (Å²) in [6, 6.07) is 11.1. The smallest absolute Gasteiger partial charge is 0.337 e. The first-order valence-corrected chi connectivity index (χ1v) is 11.3. The quantitative estimate of drug-likeness (QED) is 0.478. The van der Waals surface area contributed by atoms with Crippen LogP contribution < -0.4 is 0 Å². The summed E-state index contributed by atoms with van der Waals surface area (Å²) in [5.74, 6) is -0.397. The molecule has 0 unspecified atom stereocenters. The molecule has 2 aromatic heterocycles. The van der Waals surface area contributed by atoms with Crippen molar-refractivity contribution in [3.63, 3.8) is 0 Å². The highest BCUT2D eigenvalue weighted by Gasteiger charge is 2.26. The van der Waals surface area contributed by atoms with E-state index in [0.717, 1.165) is 63.8 Å². The van der Waals surface area contributed by atoms with Crippen molar-refractivity contribution in [1.29, 1.82) is 0 Å². The lowest BCUT2D eigenvalue weighted by atomic mass is 10.0. The summed E-state index contributed by atoms with van der Waals surface area (Å²) in [7, 11) is 1.37. The third-order valence-corrected chi connectivity index (χ3v) is 6.42.